The number of hydrogen-bond donors (Lipinski definition) is 2. The number of aromatic nitrogens is 3. The molecule has 3 N–H and O–H groups in total. The molecular weight excluding hydrogens is 530 g/mol. The molecule has 1 amide bonds. The van der Waals surface area contributed by atoms with Gasteiger partial charge in [-0.05, 0) is 67.5 Å². The second-order valence-electron chi connectivity index (χ2n) is 7.94. The summed E-state index contributed by atoms with van der Waals surface area (Å²) < 4.78 is 3.05. The molecule has 0 aliphatic rings. The van der Waals surface area contributed by atoms with Gasteiger partial charge in [0.1, 0.15) is 0 Å². The second kappa shape index (κ2) is 9.11. The second-order valence-corrected chi connectivity index (χ2v) is 10.6. The standard InChI is InChI=1S/C21H23Br2N5OS/c1-12-9-15(22)18(16(23)10-12)25-17(29)11-30-20-27-26-19(28(20)24)13-5-7-14(8-6-13)21(2,3)4/h5-10H,11,24H2,1-4H3,(H,25,29). The van der Waals surface area contributed by atoms with E-state index in [9.17, 15) is 4.79 Å². The van der Waals surface area contributed by atoms with Gasteiger partial charge in [-0.2, -0.15) is 0 Å². The summed E-state index contributed by atoms with van der Waals surface area (Å²) >= 11 is 8.20. The van der Waals surface area contributed by atoms with Gasteiger partial charge in [0.15, 0.2) is 5.82 Å². The highest BCUT2D eigenvalue weighted by Gasteiger charge is 2.17. The molecule has 1 aromatic heterocycles. The Labute approximate surface area is 197 Å². The number of nitrogens with one attached hydrogen (secondary N) is 1. The van der Waals surface area contributed by atoms with Gasteiger partial charge in [-0.3, -0.25) is 4.79 Å². The number of benzene rings is 2. The summed E-state index contributed by atoms with van der Waals surface area (Å²) in [6, 6.07) is 12.0. The fraction of sp³-hybridized carbons (Fsp3) is 0.286. The summed E-state index contributed by atoms with van der Waals surface area (Å²) in [4.78, 5) is 12.4. The van der Waals surface area contributed by atoms with Crippen LogP contribution in [0.5, 0.6) is 0 Å². The predicted octanol–water partition coefficient (Wildman–Crippen LogP) is 5.52. The summed E-state index contributed by atoms with van der Waals surface area (Å²) in [6.45, 7) is 8.49. The number of nitrogens with two attached hydrogens (primary N) is 1. The lowest BCUT2D eigenvalue weighted by Gasteiger charge is -2.19. The molecule has 3 rings (SSSR count). The van der Waals surface area contributed by atoms with Gasteiger partial charge < -0.3 is 11.2 Å². The maximum atomic E-state index is 12.4. The smallest absolute Gasteiger partial charge is 0.234 e. The van der Waals surface area contributed by atoms with E-state index in [0.29, 0.717) is 16.7 Å². The van der Waals surface area contributed by atoms with Gasteiger partial charge in [0, 0.05) is 14.5 Å². The van der Waals surface area contributed by atoms with Gasteiger partial charge in [-0.15, -0.1) is 10.2 Å². The van der Waals surface area contributed by atoms with Crippen molar-refractivity contribution in [2.24, 2.45) is 0 Å². The number of nitrogen functional groups attached to an aromatic ring is 1. The van der Waals surface area contributed by atoms with E-state index < -0.39 is 0 Å². The van der Waals surface area contributed by atoms with E-state index in [0.717, 1.165) is 20.1 Å². The maximum absolute atomic E-state index is 12.4. The molecule has 0 aliphatic carbocycles. The van der Waals surface area contributed by atoms with Crippen molar-refractivity contribution in [1.29, 1.82) is 0 Å². The van der Waals surface area contributed by atoms with Gasteiger partial charge in [0.2, 0.25) is 11.1 Å². The van der Waals surface area contributed by atoms with Crippen molar-refractivity contribution < 1.29 is 4.79 Å². The van der Waals surface area contributed by atoms with Crippen molar-refractivity contribution in [3.05, 3.63) is 56.5 Å². The van der Waals surface area contributed by atoms with Crippen molar-refractivity contribution in [2.45, 2.75) is 38.3 Å². The minimum Gasteiger partial charge on any atom is -0.335 e. The van der Waals surface area contributed by atoms with Crippen molar-refractivity contribution >= 4 is 55.2 Å². The SMILES string of the molecule is Cc1cc(Br)c(NC(=O)CSc2nnc(-c3ccc(C(C)(C)C)cc3)n2N)c(Br)c1. The number of nitrogens with zero attached hydrogens (tertiary/aromatic N) is 3. The van der Waals surface area contributed by atoms with Crippen LogP contribution in [0.2, 0.25) is 0 Å². The van der Waals surface area contributed by atoms with Crippen molar-refractivity contribution in [3.63, 3.8) is 0 Å². The number of amides is 1. The van der Waals surface area contributed by atoms with Crippen LogP contribution in [0.25, 0.3) is 11.4 Å². The van der Waals surface area contributed by atoms with Gasteiger partial charge >= 0.3 is 0 Å². The zero-order chi connectivity index (χ0) is 22.1. The molecule has 1 heterocycles. The first-order chi connectivity index (χ1) is 14.1. The molecule has 0 spiro atoms. The van der Waals surface area contributed by atoms with Gasteiger partial charge in [-0.25, -0.2) is 4.68 Å². The summed E-state index contributed by atoms with van der Waals surface area (Å²) in [5.41, 5.74) is 3.96. The molecule has 0 radical (unpaired) electrons. The van der Waals surface area contributed by atoms with Crippen LogP contribution in [-0.2, 0) is 10.2 Å². The van der Waals surface area contributed by atoms with E-state index >= 15 is 0 Å². The highest BCUT2D eigenvalue weighted by Crippen LogP contribution is 2.32. The lowest BCUT2D eigenvalue weighted by atomic mass is 9.87. The molecule has 9 heteroatoms. The number of thioether (sulfide) groups is 1. The Morgan fingerprint density at radius 1 is 1.13 bits per heavy atom. The Morgan fingerprint density at radius 3 is 2.30 bits per heavy atom. The largest absolute Gasteiger partial charge is 0.335 e. The predicted molar refractivity (Wildman–Crippen MR) is 130 cm³/mol. The molecule has 158 valence electrons. The zero-order valence-electron chi connectivity index (χ0n) is 17.2. The highest BCUT2D eigenvalue weighted by atomic mass is 79.9. The molecule has 0 bridgehead atoms. The molecule has 2 aromatic carbocycles. The lowest BCUT2D eigenvalue weighted by molar-refractivity contribution is -0.113. The Morgan fingerprint density at radius 2 is 1.73 bits per heavy atom. The van der Waals surface area contributed by atoms with Gasteiger partial charge in [0.05, 0.1) is 11.4 Å². The molecule has 0 saturated carbocycles. The van der Waals surface area contributed by atoms with Crippen LogP contribution < -0.4 is 11.2 Å². The molecular formula is C21H23Br2N5OS. The quantitative estimate of drug-likeness (QED) is 0.321. The third-order valence-electron chi connectivity index (χ3n) is 4.46. The van der Waals surface area contributed by atoms with Crippen LogP contribution >= 0.6 is 43.6 Å². The molecule has 0 aliphatic heterocycles. The number of carbonyl (C=O) groups is 1. The van der Waals surface area contributed by atoms with Crippen LogP contribution in [-0.4, -0.2) is 26.5 Å². The van der Waals surface area contributed by atoms with E-state index in [1.54, 1.807) is 0 Å². The van der Waals surface area contributed by atoms with E-state index in [1.165, 1.54) is 22.0 Å². The number of carbonyl (C=O) groups excluding carboxylic acids is 1. The third kappa shape index (κ3) is 5.25. The number of halogens is 2. The molecule has 0 saturated heterocycles. The van der Waals surface area contributed by atoms with Crippen molar-refractivity contribution in [3.8, 4) is 11.4 Å². The summed E-state index contributed by atoms with van der Waals surface area (Å²) in [5, 5.41) is 11.7. The average Bonchev–Trinajstić information content (AvgIpc) is 3.03. The fourth-order valence-electron chi connectivity index (χ4n) is 2.82. The van der Waals surface area contributed by atoms with Gasteiger partial charge in [-0.1, -0.05) is 56.8 Å². The molecule has 6 nitrogen and oxygen atoms in total. The Balaban J connectivity index is 1.68. The zero-order valence-corrected chi connectivity index (χ0v) is 21.2. The topological polar surface area (TPSA) is 85.8 Å². The summed E-state index contributed by atoms with van der Waals surface area (Å²) in [7, 11) is 0. The van der Waals surface area contributed by atoms with Crippen LogP contribution in [0.1, 0.15) is 31.9 Å². The number of anilines is 1. The van der Waals surface area contributed by atoms with E-state index in [1.807, 2.05) is 31.2 Å². The Kier molecular flexibility index (Phi) is 6.94. The number of hydrogen-bond acceptors (Lipinski definition) is 5. The minimum absolute atomic E-state index is 0.0741. The Hall–Kier alpha value is -1.84. The first-order valence-corrected chi connectivity index (χ1v) is 11.8. The number of aryl methyl sites for hydroxylation is 1. The Bertz CT molecular complexity index is 1050. The van der Waals surface area contributed by atoms with Crippen LogP contribution in [0.4, 0.5) is 5.69 Å². The minimum atomic E-state index is -0.163. The average molecular weight is 553 g/mol. The highest BCUT2D eigenvalue weighted by molar-refractivity contribution is 9.11. The maximum Gasteiger partial charge on any atom is 0.234 e. The first-order valence-electron chi connectivity index (χ1n) is 9.26. The summed E-state index contributed by atoms with van der Waals surface area (Å²) in [5.74, 6) is 6.74. The summed E-state index contributed by atoms with van der Waals surface area (Å²) in [6.07, 6.45) is 0. The van der Waals surface area contributed by atoms with Crippen molar-refractivity contribution in [2.75, 3.05) is 16.9 Å². The van der Waals surface area contributed by atoms with Crippen molar-refractivity contribution in [1.82, 2.24) is 14.9 Å². The monoisotopic (exact) mass is 551 g/mol. The lowest BCUT2D eigenvalue weighted by Crippen LogP contribution is -2.17. The molecule has 0 atom stereocenters. The van der Waals surface area contributed by atoms with E-state index in [4.69, 9.17) is 5.84 Å². The van der Waals surface area contributed by atoms with E-state index in [-0.39, 0.29) is 17.1 Å². The van der Waals surface area contributed by atoms with E-state index in [2.05, 4.69) is 80.3 Å². The molecule has 30 heavy (non-hydrogen) atoms. The van der Waals surface area contributed by atoms with Crippen LogP contribution in [0.3, 0.4) is 0 Å². The molecule has 3 aromatic rings. The third-order valence-corrected chi connectivity index (χ3v) is 6.65. The number of rotatable bonds is 5. The fourth-order valence-corrected chi connectivity index (χ4v) is 5.09. The molecule has 0 unspecified atom stereocenters. The first kappa shape index (κ1) is 22.8. The molecule has 0 fully saturated rings. The van der Waals surface area contributed by atoms with Crippen LogP contribution in [0.15, 0.2) is 50.5 Å². The normalized spacial score (nSPS) is 11.5. The van der Waals surface area contributed by atoms with Crippen LogP contribution in [0, 0.1) is 6.92 Å². The van der Waals surface area contributed by atoms with Gasteiger partial charge in [0.25, 0.3) is 0 Å².